The van der Waals surface area contributed by atoms with Crippen molar-refractivity contribution in [2.75, 3.05) is 26.2 Å². The summed E-state index contributed by atoms with van der Waals surface area (Å²) in [5.41, 5.74) is 7.38. The predicted molar refractivity (Wildman–Crippen MR) is 139 cm³/mol. The molecule has 1 aromatic heterocycles. The standard InChI is InChI=1S/C29H38N4O/c1-19-8-7-9-20(2)27(19)23-12-14-32(15-13-23)18-25-24-10-5-6-11-26(24)31-28(25)29(34)33-16-21(3)30-22(4)17-33/h5-11,21-23,30-31H,12-18H2,1-4H3/t21-,22+. The normalized spacial score (nSPS) is 22.4. The highest BCUT2D eigenvalue weighted by atomic mass is 16.2. The van der Waals surface area contributed by atoms with Crippen molar-refractivity contribution >= 4 is 16.8 Å². The number of amides is 1. The second-order valence-electron chi connectivity index (χ2n) is 10.6. The first-order chi connectivity index (χ1) is 16.4. The fraction of sp³-hybridized carbons (Fsp3) is 0.483. The fourth-order valence-corrected chi connectivity index (χ4v) is 6.27. The van der Waals surface area contributed by atoms with E-state index in [9.17, 15) is 4.79 Å². The average Bonchev–Trinajstić information content (AvgIpc) is 3.17. The molecule has 0 radical (unpaired) electrons. The summed E-state index contributed by atoms with van der Waals surface area (Å²) in [5, 5.41) is 4.72. The second kappa shape index (κ2) is 9.55. The lowest BCUT2D eigenvalue weighted by Gasteiger charge is -2.36. The molecule has 2 aromatic carbocycles. The molecule has 0 unspecified atom stereocenters. The van der Waals surface area contributed by atoms with Crippen LogP contribution in [0.15, 0.2) is 42.5 Å². The Bertz CT molecular complexity index is 1140. The molecule has 1 amide bonds. The third-order valence-corrected chi connectivity index (χ3v) is 7.79. The van der Waals surface area contributed by atoms with Crippen LogP contribution in [0, 0.1) is 13.8 Å². The van der Waals surface area contributed by atoms with Gasteiger partial charge in [-0.25, -0.2) is 0 Å². The number of carbonyl (C=O) groups excluding carboxylic acids is 1. The topological polar surface area (TPSA) is 51.4 Å². The summed E-state index contributed by atoms with van der Waals surface area (Å²) in [6.45, 7) is 13.2. The van der Waals surface area contributed by atoms with Gasteiger partial charge < -0.3 is 15.2 Å². The number of aromatic amines is 1. The number of benzene rings is 2. The van der Waals surface area contributed by atoms with E-state index in [0.717, 1.165) is 49.5 Å². The Kier molecular flexibility index (Phi) is 6.50. The van der Waals surface area contributed by atoms with E-state index in [1.807, 2.05) is 11.0 Å². The molecular formula is C29H38N4O. The number of para-hydroxylation sites is 1. The number of aryl methyl sites for hydroxylation is 2. The lowest BCUT2D eigenvalue weighted by Crippen LogP contribution is -2.56. The molecule has 3 heterocycles. The number of nitrogens with one attached hydrogen (secondary N) is 2. The van der Waals surface area contributed by atoms with E-state index < -0.39 is 0 Å². The minimum Gasteiger partial charge on any atom is -0.350 e. The van der Waals surface area contributed by atoms with Gasteiger partial charge in [-0.05, 0) is 82.3 Å². The van der Waals surface area contributed by atoms with Gasteiger partial charge in [0.2, 0.25) is 0 Å². The zero-order valence-electron chi connectivity index (χ0n) is 21.0. The summed E-state index contributed by atoms with van der Waals surface area (Å²) < 4.78 is 0. The highest BCUT2D eigenvalue weighted by molar-refractivity contribution is 6.01. The molecule has 2 atom stereocenters. The molecule has 2 saturated heterocycles. The first-order valence-electron chi connectivity index (χ1n) is 12.8. The molecule has 2 fully saturated rings. The minimum atomic E-state index is 0.136. The van der Waals surface area contributed by atoms with Crippen LogP contribution in [-0.4, -0.2) is 59.0 Å². The maximum Gasteiger partial charge on any atom is 0.270 e. The zero-order chi connectivity index (χ0) is 23.8. The monoisotopic (exact) mass is 458 g/mol. The lowest BCUT2D eigenvalue weighted by atomic mass is 9.84. The number of H-pyrrole nitrogens is 1. The van der Waals surface area contributed by atoms with Gasteiger partial charge in [-0.15, -0.1) is 0 Å². The highest BCUT2D eigenvalue weighted by Crippen LogP contribution is 2.34. The lowest BCUT2D eigenvalue weighted by molar-refractivity contribution is 0.0666. The molecule has 2 N–H and O–H groups in total. The quantitative estimate of drug-likeness (QED) is 0.579. The van der Waals surface area contributed by atoms with Gasteiger partial charge in [0.15, 0.2) is 0 Å². The fourth-order valence-electron chi connectivity index (χ4n) is 6.27. The van der Waals surface area contributed by atoms with Crippen molar-refractivity contribution in [3.05, 3.63) is 70.4 Å². The molecule has 0 aliphatic carbocycles. The molecule has 180 valence electrons. The van der Waals surface area contributed by atoms with Crippen LogP contribution in [0.5, 0.6) is 0 Å². The summed E-state index contributed by atoms with van der Waals surface area (Å²) in [4.78, 5) is 21.7. The van der Waals surface area contributed by atoms with Gasteiger partial charge in [0.1, 0.15) is 5.69 Å². The Morgan fingerprint density at radius 2 is 1.59 bits per heavy atom. The molecule has 5 nitrogen and oxygen atoms in total. The minimum absolute atomic E-state index is 0.136. The first kappa shape index (κ1) is 23.1. The number of nitrogens with zero attached hydrogens (tertiary/aromatic N) is 2. The summed E-state index contributed by atoms with van der Waals surface area (Å²) in [6.07, 6.45) is 2.34. The number of aromatic nitrogens is 1. The number of hydrogen-bond acceptors (Lipinski definition) is 3. The zero-order valence-corrected chi connectivity index (χ0v) is 21.0. The number of rotatable bonds is 4. The van der Waals surface area contributed by atoms with Gasteiger partial charge >= 0.3 is 0 Å². The van der Waals surface area contributed by atoms with Crippen molar-refractivity contribution in [2.45, 2.75) is 65.1 Å². The van der Waals surface area contributed by atoms with Crippen LogP contribution in [0.1, 0.15) is 65.3 Å². The van der Waals surface area contributed by atoms with Crippen LogP contribution < -0.4 is 5.32 Å². The van der Waals surface area contributed by atoms with Crippen LogP contribution in [0.2, 0.25) is 0 Å². The summed E-state index contributed by atoms with van der Waals surface area (Å²) in [6, 6.07) is 15.6. The summed E-state index contributed by atoms with van der Waals surface area (Å²) in [5.74, 6) is 0.766. The van der Waals surface area contributed by atoms with Gasteiger partial charge in [0.05, 0.1) is 0 Å². The van der Waals surface area contributed by atoms with E-state index in [4.69, 9.17) is 0 Å². The maximum absolute atomic E-state index is 13.7. The van der Waals surface area contributed by atoms with Crippen molar-refractivity contribution in [3.8, 4) is 0 Å². The number of hydrogen-bond donors (Lipinski definition) is 2. The van der Waals surface area contributed by atoms with Crippen LogP contribution >= 0.6 is 0 Å². The van der Waals surface area contributed by atoms with Gasteiger partial charge in [0.25, 0.3) is 5.91 Å². The molecule has 34 heavy (non-hydrogen) atoms. The number of fused-ring (bicyclic) bond motifs is 1. The molecule has 2 aliphatic heterocycles. The molecule has 0 spiro atoms. The third kappa shape index (κ3) is 4.51. The van der Waals surface area contributed by atoms with Gasteiger partial charge in [-0.2, -0.15) is 0 Å². The summed E-state index contributed by atoms with van der Waals surface area (Å²) >= 11 is 0. The van der Waals surface area contributed by atoms with E-state index in [-0.39, 0.29) is 5.91 Å². The molecule has 0 bridgehead atoms. The Balaban J connectivity index is 1.36. The van der Waals surface area contributed by atoms with Gasteiger partial charge in [-0.3, -0.25) is 9.69 Å². The number of carbonyl (C=O) groups is 1. The Morgan fingerprint density at radius 3 is 2.26 bits per heavy atom. The van der Waals surface area contributed by atoms with Crippen LogP contribution in [0.4, 0.5) is 0 Å². The SMILES string of the molecule is Cc1cccc(C)c1C1CCN(Cc2c(C(=O)N3C[C@@H](C)N[C@@H](C)C3)[nH]c3ccccc23)CC1. The number of piperazine rings is 1. The smallest absolute Gasteiger partial charge is 0.270 e. The van der Waals surface area contributed by atoms with Crippen molar-refractivity contribution < 1.29 is 4.79 Å². The van der Waals surface area contributed by atoms with Crippen molar-refractivity contribution in [2.24, 2.45) is 0 Å². The van der Waals surface area contributed by atoms with Crippen LogP contribution in [-0.2, 0) is 6.54 Å². The largest absolute Gasteiger partial charge is 0.350 e. The van der Waals surface area contributed by atoms with Crippen molar-refractivity contribution in [1.29, 1.82) is 0 Å². The van der Waals surface area contributed by atoms with E-state index in [2.05, 4.69) is 79.3 Å². The van der Waals surface area contributed by atoms with E-state index in [1.54, 1.807) is 5.56 Å². The first-order valence-corrected chi connectivity index (χ1v) is 12.8. The Labute approximate surface area is 203 Å². The highest BCUT2D eigenvalue weighted by Gasteiger charge is 2.30. The van der Waals surface area contributed by atoms with E-state index in [1.165, 1.54) is 29.4 Å². The molecule has 2 aliphatic rings. The van der Waals surface area contributed by atoms with Crippen LogP contribution in [0.3, 0.4) is 0 Å². The maximum atomic E-state index is 13.7. The molecule has 0 saturated carbocycles. The molecule has 5 rings (SSSR count). The van der Waals surface area contributed by atoms with Crippen molar-refractivity contribution in [1.82, 2.24) is 20.1 Å². The predicted octanol–water partition coefficient (Wildman–Crippen LogP) is 4.99. The Morgan fingerprint density at radius 1 is 0.941 bits per heavy atom. The molecule has 5 heteroatoms. The average molecular weight is 459 g/mol. The molecular weight excluding hydrogens is 420 g/mol. The number of likely N-dealkylation sites (tertiary alicyclic amines) is 1. The summed E-state index contributed by atoms with van der Waals surface area (Å²) in [7, 11) is 0. The third-order valence-electron chi connectivity index (χ3n) is 7.79. The van der Waals surface area contributed by atoms with Crippen LogP contribution in [0.25, 0.3) is 10.9 Å². The van der Waals surface area contributed by atoms with Gasteiger partial charge in [-0.1, -0.05) is 36.4 Å². The Hall–Kier alpha value is -2.63. The van der Waals surface area contributed by atoms with Crippen molar-refractivity contribution in [3.63, 3.8) is 0 Å². The van der Waals surface area contributed by atoms with Gasteiger partial charge in [0, 0.05) is 48.2 Å². The second-order valence-corrected chi connectivity index (χ2v) is 10.6. The molecule has 3 aromatic rings. The number of piperidine rings is 1. The van der Waals surface area contributed by atoms with E-state index >= 15 is 0 Å². The van der Waals surface area contributed by atoms with E-state index in [0.29, 0.717) is 18.0 Å².